The van der Waals surface area contributed by atoms with Gasteiger partial charge in [-0.1, -0.05) is 45.9 Å². The number of nitrogens with zero attached hydrogens (tertiary/aromatic N) is 3. The van der Waals surface area contributed by atoms with Gasteiger partial charge >= 0.3 is 0 Å². The number of hydrogen-bond acceptors (Lipinski definition) is 7. The van der Waals surface area contributed by atoms with Crippen molar-refractivity contribution in [1.29, 1.82) is 0 Å². The molecule has 1 aromatic heterocycles. The molecule has 3 aromatic rings. The zero-order chi connectivity index (χ0) is 18.5. The van der Waals surface area contributed by atoms with Crippen LogP contribution in [0.1, 0.15) is 0 Å². The largest absolute Gasteiger partial charge is 0.411 e. The van der Waals surface area contributed by atoms with E-state index in [0.717, 1.165) is 16.2 Å². The lowest BCUT2D eigenvalue weighted by Crippen LogP contribution is -2.13. The monoisotopic (exact) mass is 434 g/mol. The Bertz CT molecular complexity index is 963. The maximum absolute atomic E-state index is 12.0. The number of rotatable bonds is 6. The van der Waals surface area contributed by atoms with Gasteiger partial charge < -0.3 is 9.73 Å². The van der Waals surface area contributed by atoms with Gasteiger partial charge in [-0.25, -0.2) is 0 Å². The predicted molar refractivity (Wildman–Crippen MR) is 99.9 cm³/mol. The molecule has 0 aliphatic rings. The third-order valence-electron chi connectivity index (χ3n) is 3.17. The number of carbonyl (C=O) groups excluding carboxylic acids is 1. The van der Waals surface area contributed by atoms with Crippen molar-refractivity contribution in [2.45, 2.75) is 5.22 Å². The smallest absolute Gasteiger partial charge is 0.282 e. The number of thioether (sulfide) groups is 1. The first kappa shape index (κ1) is 18.1. The van der Waals surface area contributed by atoms with Crippen LogP contribution in [0.5, 0.6) is 0 Å². The molecule has 0 aliphatic carbocycles. The molecule has 132 valence electrons. The average molecular weight is 435 g/mol. The van der Waals surface area contributed by atoms with Crippen LogP contribution in [0.3, 0.4) is 0 Å². The fourth-order valence-corrected chi connectivity index (χ4v) is 3.04. The highest BCUT2D eigenvalue weighted by Gasteiger charge is 2.20. The quantitative estimate of drug-likeness (QED) is 0.352. The number of carbonyl (C=O) groups is 1. The van der Waals surface area contributed by atoms with Crippen LogP contribution >= 0.6 is 27.7 Å². The zero-order valence-corrected chi connectivity index (χ0v) is 15.5. The Hall–Kier alpha value is -2.72. The molecule has 0 spiro atoms. The first-order valence-corrected chi connectivity index (χ1v) is 9.06. The third kappa shape index (κ3) is 4.46. The molecule has 0 aliphatic heterocycles. The molecule has 2 aromatic carbocycles. The number of anilines is 1. The molecule has 0 radical (unpaired) electrons. The second-order valence-electron chi connectivity index (χ2n) is 4.99. The standard InChI is InChI=1S/C16H11BrN4O4S/c17-10-4-3-5-11(8-10)18-14(22)9-26-16-20-19-15(25-16)12-6-1-2-7-13(12)21(23)24/h1-8H,9H2,(H,18,22). The molecule has 1 amide bonds. The molecular weight excluding hydrogens is 424 g/mol. The Morgan fingerprint density at radius 3 is 2.81 bits per heavy atom. The molecule has 10 heteroatoms. The molecule has 1 heterocycles. The minimum absolute atomic E-state index is 0.0344. The molecular formula is C16H11BrN4O4S. The van der Waals surface area contributed by atoms with Crippen molar-refractivity contribution < 1.29 is 14.1 Å². The van der Waals surface area contributed by atoms with E-state index in [0.29, 0.717) is 5.69 Å². The average Bonchev–Trinajstić information content (AvgIpc) is 3.09. The summed E-state index contributed by atoms with van der Waals surface area (Å²) < 4.78 is 6.28. The van der Waals surface area contributed by atoms with Gasteiger partial charge in [0, 0.05) is 16.2 Å². The summed E-state index contributed by atoms with van der Waals surface area (Å²) >= 11 is 4.38. The van der Waals surface area contributed by atoms with Gasteiger partial charge in [0.15, 0.2) is 0 Å². The van der Waals surface area contributed by atoms with Crippen molar-refractivity contribution in [2.24, 2.45) is 0 Å². The van der Waals surface area contributed by atoms with Crippen LogP contribution in [-0.4, -0.2) is 26.8 Å². The summed E-state index contributed by atoms with van der Waals surface area (Å²) in [5.41, 5.74) is 0.770. The summed E-state index contributed by atoms with van der Waals surface area (Å²) in [4.78, 5) is 22.5. The highest BCUT2D eigenvalue weighted by atomic mass is 79.9. The first-order valence-electron chi connectivity index (χ1n) is 7.28. The van der Waals surface area contributed by atoms with Crippen molar-refractivity contribution in [3.05, 3.63) is 63.1 Å². The third-order valence-corrected chi connectivity index (χ3v) is 4.48. The fraction of sp³-hybridized carbons (Fsp3) is 0.0625. The van der Waals surface area contributed by atoms with Crippen molar-refractivity contribution in [1.82, 2.24) is 10.2 Å². The van der Waals surface area contributed by atoms with Crippen LogP contribution in [0.25, 0.3) is 11.5 Å². The van der Waals surface area contributed by atoms with Gasteiger partial charge in [0.2, 0.25) is 5.91 Å². The van der Waals surface area contributed by atoms with Gasteiger partial charge in [-0.05, 0) is 24.3 Å². The summed E-state index contributed by atoms with van der Waals surface area (Å²) in [6.07, 6.45) is 0. The summed E-state index contributed by atoms with van der Waals surface area (Å²) in [6, 6.07) is 13.3. The van der Waals surface area contributed by atoms with Crippen LogP contribution < -0.4 is 5.32 Å². The lowest BCUT2D eigenvalue weighted by atomic mass is 10.2. The van der Waals surface area contributed by atoms with Gasteiger partial charge in [-0.3, -0.25) is 14.9 Å². The van der Waals surface area contributed by atoms with E-state index in [4.69, 9.17) is 4.42 Å². The minimum atomic E-state index is -0.516. The zero-order valence-electron chi connectivity index (χ0n) is 13.1. The van der Waals surface area contributed by atoms with Gasteiger partial charge in [-0.2, -0.15) is 0 Å². The van der Waals surface area contributed by atoms with Crippen LogP contribution in [-0.2, 0) is 4.79 Å². The number of para-hydroxylation sites is 1. The summed E-state index contributed by atoms with van der Waals surface area (Å²) in [5.74, 6) is -0.142. The number of benzene rings is 2. The summed E-state index contributed by atoms with van der Waals surface area (Å²) in [5, 5.41) is 21.6. The molecule has 3 rings (SSSR count). The topological polar surface area (TPSA) is 111 Å². The van der Waals surface area contributed by atoms with E-state index in [1.54, 1.807) is 24.3 Å². The lowest BCUT2D eigenvalue weighted by Gasteiger charge is -2.04. The Kier molecular flexibility index (Phi) is 5.64. The first-order chi connectivity index (χ1) is 12.5. The van der Waals surface area contributed by atoms with Crippen LogP contribution in [0.15, 0.2) is 62.6 Å². The second-order valence-corrected chi connectivity index (χ2v) is 6.84. The van der Waals surface area contributed by atoms with Crippen molar-refractivity contribution in [3.8, 4) is 11.5 Å². The molecule has 1 N–H and O–H groups in total. The van der Waals surface area contributed by atoms with Gasteiger partial charge in [-0.15, -0.1) is 10.2 Å². The number of nitro benzene ring substituents is 1. The van der Waals surface area contributed by atoms with Crippen molar-refractivity contribution >= 4 is 45.0 Å². The molecule has 0 unspecified atom stereocenters. The van der Waals surface area contributed by atoms with E-state index in [2.05, 4.69) is 31.4 Å². The minimum Gasteiger partial charge on any atom is -0.411 e. The van der Waals surface area contributed by atoms with Crippen LogP contribution in [0.2, 0.25) is 0 Å². The molecule has 8 nitrogen and oxygen atoms in total. The Labute approximate surface area is 160 Å². The van der Waals surface area contributed by atoms with Gasteiger partial charge in [0.25, 0.3) is 16.8 Å². The molecule has 0 saturated heterocycles. The number of amides is 1. The number of hydrogen-bond donors (Lipinski definition) is 1. The SMILES string of the molecule is O=C(CSc1nnc(-c2ccccc2[N+](=O)[O-])o1)Nc1cccc(Br)c1. The van der Waals surface area contributed by atoms with Gasteiger partial charge in [0.05, 0.1) is 10.7 Å². The number of nitro groups is 1. The van der Waals surface area contributed by atoms with Crippen molar-refractivity contribution in [3.63, 3.8) is 0 Å². The molecule has 0 fully saturated rings. The highest BCUT2D eigenvalue weighted by Crippen LogP contribution is 2.30. The molecule has 0 saturated carbocycles. The number of aromatic nitrogens is 2. The van der Waals surface area contributed by atoms with Crippen LogP contribution in [0, 0.1) is 10.1 Å². The summed E-state index contributed by atoms with van der Waals surface area (Å²) in [6.45, 7) is 0. The maximum atomic E-state index is 12.0. The summed E-state index contributed by atoms with van der Waals surface area (Å²) in [7, 11) is 0. The van der Waals surface area contributed by atoms with E-state index in [1.807, 2.05) is 12.1 Å². The maximum Gasteiger partial charge on any atom is 0.282 e. The Morgan fingerprint density at radius 1 is 1.23 bits per heavy atom. The second kappa shape index (κ2) is 8.11. The number of halogens is 1. The van der Waals surface area contributed by atoms with Gasteiger partial charge in [0.1, 0.15) is 5.56 Å². The van der Waals surface area contributed by atoms with Crippen molar-refractivity contribution in [2.75, 3.05) is 11.1 Å². The van der Waals surface area contributed by atoms with Crippen LogP contribution in [0.4, 0.5) is 11.4 Å². The fourth-order valence-electron chi connectivity index (χ4n) is 2.08. The normalized spacial score (nSPS) is 10.5. The number of nitrogens with one attached hydrogen (secondary N) is 1. The Morgan fingerprint density at radius 2 is 2.04 bits per heavy atom. The van der Waals surface area contributed by atoms with E-state index < -0.39 is 4.92 Å². The Balaban J connectivity index is 1.64. The highest BCUT2D eigenvalue weighted by molar-refractivity contribution is 9.10. The predicted octanol–water partition coefficient (Wildman–Crippen LogP) is 4.14. The van der Waals surface area contributed by atoms with E-state index in [1.165, 1.54) is 12.1 Å². The van der Waals surface area contributed by atoms with E-state index in [9.17, 15) is 14.9 Å². The van der Waals surface area contributed by atoms with E-state index >= 15 is 0 Å². The van der Waals surface area contributed by atoms with E-state index in [-0.39, 0.29) is 34.0 Å². The molecule has 0 bridgehead atoms. The lowest BCUT2D eigenvalue weighted by molar-refractivity contribution is -0.384. The molecule has 26 heavy (non-hydrogen) atoms. The molecule has 0 atom stereocenters.